The van der Waals surface area contributed by atoms with E-state index < -0.39 is 34.3 Å². The highest BCUT2D eigenvalue weighted by atomic mass is 32.2. The van der Waals surface area contributed by atoms with E-state index in [-0.39, 0.29) is 10.5 Å². The van der Waals surface area contributed by atoms with E-state index in [4.69, 9.17) is 4.18 Å². The third-order valence-corrected chi connectivity index (χ3v) is 4.25. The van der Waals surface area contributed by atoms with Gasteiger partial charge in [0.1, 0.15) is 5.82 Å². The van der Waals surface area contributed by atoms with Gasteiger partial charge < -0.3 is 0 Å². The topological polar surface area (TPSA) is 43.4 Å². The Balaban J connectivity index is 2.20. The van der Waals surface area contributed by atoms with E-state index in [2.05, 4.69) is 0 Å². The molecule has 0 N–H and O–H groups in total. The lowest BCUT2D eigenvalue weighted by Gasteiger charge is -2.10. The van der Waals surface area contributed by atoms with Gasteiger partial charge >= 0.3 is 6.18 Å². The van der Waals surface area contributed by atoms with Crippen LogP contribution in [-0.2, 0) is 27.1 Å². The van der Waals surface area contributed by atoms with Gasteiger partial charge in [0.15, 0.2) is 0 Å². The molecule has 8 heteroatoms. The Morgan fingerprint density at radius 3 is 2.22 bits per heavy atom. The molecule has 3 nitrogen and oxygen atoms in total. The molecule has 0 aliphatic carbocycles. The van der Waals surface area contributed by atoms with Crippen molar-refractivity contribution in [2.24, 2.45) is 0 Å². The number of alkyl halides is 3. The summed E-state index contributed by atoms with van der Waals surface area (Å²) >= 11 is 0. The molecule has 2 rings (SSSR count). The van der Waals surface area contributed by atoms with Crippen molar-refractivity contribution >= 4 is 10.1 Å². The van der Waals surface area contributed by atoms with Crippen LogP contribution < -0.4 is 0 Å². The molecule has 0 bridgehead atoms. The van der Waals surface area contributed by atoms with Crippen LogP contribution in [0, 0.1) is 12.7 Å². The summed E-state index contributed by atoms with van der Waals surface area (Å²) in [6, 6.07) is 7.51. The summed E-state index contributed by atoms with van der Waals surface area (Å²) in [7, 11) is -4.14. The van der Waals surface area contributed by atoms with Crippen LogP contribution in [0.15, 0.2) is 47.4 Å². The van der Waals surface area contributed by atoms with Gasteiger partial charge in [0.2, 0.25) is 0 Å². The normalized spacial score (nSPS) is 12.4. The van der Waals surface area contributed by atoms with Gasteiger partial charge in [0.25, 0.3) is 10.1 Å². The molecule has 0 fully saturated rings. The predicted octanol–water partition coefficient (Wildman–Crippen LogP) is 4.06. The molecule has 0 atom stereocenters. The molecule has 0 spiro atoms. The summed E-state index contributed by atoms with van der Waals surface area (Å²) in [6.45, 7) is 1.07. The molecule has 0 amide bonds. The van der Waals surface area contributed by atoms with Crippen molar-refractivity contribution in [2.45, 2.75) is 24.6 Å². The number of benzene rings is 2. The fourth-order valence-electron chi connectivity index (χ4n) is 1.82. The highest BCUT2D eigenvalue weighted by Gasteiger charge is 2.31. The molecule has 23 heavy (non-hydrogen) atoms. The molecule has 0 aliphatic rings. The largest absolute Gasteiger partial charge is 0.416 e. The highest BCUT2D eigenvalue weighted by Crippen LogP contribution is 2.30. The first kappa shape index (κ1) is 17.4. The summed E-state index contributed by atoms with van der Waals surface area (Å²) < 4.78 is 79.6. The minimum Gasteiger partial charge on any atom is -0.262 e. The summed E-state index contributed by atoms with van der Waals surface area (Å²) in [5, 5.41) is 0. The summed E-state index contributed by atoms with van der Waals surface area (Å²) in [4.78, 5) is -0.129. The first-order valence-electron chi connectivity index (χ1n) is 6.41. The first-order chi connectivity index (χ1) is 10.6. The number of aryl methyl sites for hydroxylation is 1. The van der Waals surface area contributed by atoms with Crippen LogP contribution in [0.2, 0.25) is 0 Å². The average Bonchev–Trinajstić information content (AvgIpc) is 2.44. The predicted molar refractivity (Wildman–Crippen MR) is 74.6 cm³/mol. The van der Waals surface area contributed by atoms with Gasteiger partial charge in [-0.25, -0.2) is 4.39 Å². The van der Waals surface area contributed by atoms with Crippen LogP contribution in [0.4, 0.5) is 17.6 Å². The van der Waals surface area contributed by atoms with E-state index in [9.17, 15) is 26.0 Å². The monoisotopic (exact) mass is 348 g/mol. The van der Waals surface area contributed by atoms with E-state index in [0.29, 0.717) is 12.1 Å². The summed E-state index contributed by atoms with van der Waals surface area (Å²) in [5.74, 6) is -1.12. The Morgan fingerprint density at radius 2 is 1.65 bits per heavy atom. The Labute approximate surface area is 130 Å². The number of hydrogen-bond acceptors (Lipinski definition) is 3. The van der Waals surface area contributed by atoms with E-state index in [0.717, 1.165) is 11.6 Å². The molecule has 2 aromatic carbocycles. The molecule has 0 radical (unpaired) electrons. The van der Waals surface area contributed by atoms with Crippen LogP contribution in [0.5, 0.6) is 0 Å². The zero-order valence-corrected chi connectivity index (χ0v) is 12.7. The third-order valence-electron chi connectivity index (χ3n) is 2.98. The lowest BCUT2D eigenvalue weighted by Crippen LogP contribution is -2.09. The second kappa shape index (κ2) is 6.29. The Kier molecular flexibility index (Phi) is 4.76. The summed E-state index contributed by atoms with van der Waals surface area (Å²) in [6.07, 6.45) is -4.73. The van der Waals surface area contributed by atoms with Gasteiger partial charge in [-0.05, 0) is 42.8 Å². The lowest BCUT2D eigenvalue weighted by atomic mass is 10.1. The van der Waals surface area contributed by atoms with E-state index in [1.165, 1.54) is 12.1 Å². The van der Waals surface area contributed by atoms with Crippen LogP contribution in [0.25, 0.3) is 0 Å². The highest BCUT2D eigenvalue weighted by molar-refractivity contribution is 7.86. The van der Waals surface area contributed by atoms with Gasteiger partial charge in [-0.1, -0.05) is 17.7 Å². The molecular weight excluding hydrogens is 336 g/mol. The van der Waals surface area contributed by atoms with Crippen LogP contribution in [-0.4, -0.2) is 8.42 Å². The van der Waals surface area contributed by atoms with Gasteiger partial charge in [-0.15, -0.1) is 0 Å². The molecule has 2 aromatic rings. The molecule has 0 aliphatic heterocycles. The second-order valence-electron chi connectivity index (χ2n) is 4.88. The van der Waals surface area contributed by atoms with Crippen molar-refractivity contribution < 1.29 is 30.2 Å². The zero-order valence-electron chi connectivity index (χ0n) is 11.9. The van der Waals surface area contributed by atoms with Gasteiger partial charge in [-0.2, -0.15) is 21.6 Å². The SMILES string of the molecule is Cc1ccc(S(=O)(=O)OCc2cc(F)cc(C(F)(F)F)c2)cc1. The van der Waals surface area contributed by atoms with Crippen molar-refractivity contribution in [1.82, 2.24) is 0 Å². The molecule has 0 unspecified atom stereocenters. The summed E-state index contributed by atoms with van der Waals surface area (Å²) in [5.41, 5.74) is -0.597. The van der Waals surface area contributed by atoms with Crippen molar-refractivity contribution in [1.29, 1.82) is 0 Å². The quantitative estimate of drug-likeness (QED) is 0.618. The standard InChI is InChI=1S/C15H12F4O3S/c1-10-2-4-14(5-3-10)23(20,21)22-9-11-6-12(15(17,18)19)8-13(16)7-11/h2-8H,9H2,1H3. The smallest absolute Gasteiger partial charge is 0.262 e. The van der Waals surface area contributed by atoms with E-state index in [1.807, 2.05) is 0 Å². The third kappa shape index (κ3) is 4.52. The number of hydrogen-bond donors (Lipinski definition) is 0. The zero-order chi connectivity index (χ0) is 17.3. The van der Waals surface area contributed by atoms with Gasteiger partial charge in [-0.3, -0.25) is 4.18 Å². The fraction of sp³-hybridized carbons (Fsp3) is 0.200. The molecule has 0 aromatic heterocycles. The van der Waals surface area contributed by atoms with Gasteiger partial charge in [0, 0.05) is 0 Å². The second-order valence-corrected chi connectivity index (χ2v) is 6.49. The molecular formula is C15H12F4O3S. The average molecular weight is 348 g/mol. The van der Waals surface area contributed by atoms with Crippen molar-refractivity contribution in [2.75, 3.05) is 0 Å². The maximum absolute atomic E-state index is 13.2. The Bertz CT molecular complexity index is 796. The van der Waals surface area contributed by atoms with Crippen LogP contribution in [0.1, 0.15) is 16.7 Å². The first-order valence-corrected chi connectivity index (χ1v) is 7.81. The van der Waals surface area contributed by atoms with Crippen LogP contribution >= 0.6 is 0 Å². The molecule has 0 saturated carbocycles. The number of halogens is 4. The van der Waals surface area contributed by atoms with Crippen molar-refractivity contribution in [3.05, 3.63) is 65.0 Å². The molecule has 0 heterocycles. The van der Waals surface area contributed by atoms with Crippen molar-refractivity contribution in [3.8, 4) is 0 Å². The van der Waals surface area contributed by atoms with E-state index in [1.54, 1.807) is 19.1 Å². The molecule has 124 valence electrons. The Hall–Kier alpha value is -1.93. The lowest BCUT2D eigenvalue weighted by molar-refractivity contribution is -0.137. The minimum atomic E-state index is -4.73. The fourth-order valence-corrected chi connectivity index (χ4v) is 2.71. The minimum absolute atomic E-state index is 0.129. The molecule has 0 saturated heterocycles. The van der Waals surface area contributed by atoms with E-state index >= 15 is 0 Å². The Morgan fingerprint density at radius 1 is 1.04 bits per heavy atom. The number of rotatable bonds is 4. The maximum Gasteiger partial charge on any atom is 0.416 e. The van der Waals surface area contributed by atoms with Crippen molar-refractivity contribution in [3.63, 3.8) is 0 Å². The maximum atomic E-state index is 13.2. The van der Waals surface area contributed by atoms with Crippen LogP contribution in [0.3, 0.4) is 0 Å². The van der Waals surface area contributed by atoms with Gasteiger partial charge in [0.05, 0.1) is 17.1 Å².